The number of anilines is 3. The summed E-state index contributed by atoms with van der Waals surface area (Å²) in [6, 6.07) is 21.6. The van der Waals surface area contributed by atoms with Crippen molar-refractivity contribution in [2.75, 3.05) is 48.2 Å². The van der Waals surface area contributed by atoms with Crippen LogP contribution in [0, 0.1) is 0 Å². The molecule has 3 aromatic carbocycles. The van der Waals surface area contributed by atoms with E-state index in [9.17, 15) is 4.79 Å². The summed E-state index contributed by atoms with van der Waals surface area (Å²) in [5.74, 6) is 1.37. The van der Waals surface area contributed by atoms with Gasteiger partial charge in [0.05, 0.1) is 18.8 Å². The van der Waals surface area contributed by atoms with E-state index in [1.807, 2.05) is 59.5 Å². The summed E-state index contributed by atoms with van der Waals surface area (Å²) in [7, 11) is 0. The molecular formula is C25H23N3O4. The molecule has 162 valence electrons. The Balaban J connectivity index is 1.39. The molecular weight excluding hydrogens is 406 g/mol. The summed E-state index contributed by atoms with van der Waals surface area (Å²) in [5.41, 5.74) is 4.36. The average Bonchev–Trinajstić information content (AvgIpc) is 3.33. The predicted molar refractivity (Wildman–Crippen MR) is 122 cm³/mol. The van der Waals surface area contributed by atoms with Gasteiger partial charge in [-0.2, -0.15) is 0 Å². The fourth-order valence-corrected chi connectivity index (χ4v) is 4.48. The normalized spacial score (nSPS) is 19.5. The smallest absolute Gasteiger partial charge is 0.262 e. The third-order valence-electron chi connectivity index (χ3n) is 6.14. The average molecular weight is 429 g/mol. The van der Waals surface area contributed by atoms with Gasteiger partial charge in [0, 0.05) is 30.2 Å². The molecule has 0 aliphatic carbocycles. The molecule has 7 heteroatoms. The highest BCUT2D eigenvalue weighted by Gasteiger charge is 2.34. The van der Waals surface area contributed by atoms with Crippen molar-refractivity contribution in [2.45, 2.75) is 6.17 Å². The highest BCUT2D eigenvalue weighted by Crippen LogP contribution is 2.40. The van der Waals surface area contributed by atoms with Crippen molar-refractivity contribution in [3.63, 3.8) is 0 Å². The van der Waals surface area contributed by atoms with Gasteiger partial charge in [-0.25, -0.2) is 0 Å². The van der Waals surface area contributed by atoms with Crippen molar-refractivity contribution in [3.8, 4) is 11.5 Å². The first-order chi connectivity index (χ1) is 15.8. The molecule has 3 aromatic rings. The van der Waals surface area contributed by atoms with Gasteiger partial charge in [0.2, 0.25) is 6.79 Å². The molecule has 7 nitrogen and oxygen atoms in total. The number of carbonyl (C=O) groups excluding carboxylic acids is 1. The van der Waals surface area contributed by atoms with Crippen LogP contribution in [-0.4, -0.2) is 39.0 Å². The van der Waals surface area contributed by atoms with Crippen molar-refractivity contribution in [3.05, 3.63) is 77.9 Å². The minimum absolute atomic E-state index is 0.0406. The lowest BCUT2D eigenvalue weighted by Crippen LogP contribution is -2.43. The number of benzene rings is 3. The Morgan fingerprint density at radius 2 is 1.59 bits per heavy atom. The molecule has 6 rings (SSSR count). The molecule has 32 heavy (non-hydrogen) atoms. The molecule has 1 fully saturated rings. The molecule has 1 saturated heterocycles. The number of nitrogens with zero attached hydrogens (tertiary/aromatic N) is 2. The van der Waals surface area contributed by atoms with Crippen LogP contribution in [0.3, 0.4) is 0 Å². The van der Waals surface area contributed by atoms with E-state index in [0.717, 1.165) is 54.7 Å². The van der Waals surface area contributed by atoms with E-state index in [2.05, 4.69) is 22.3 Å². The van der Waals surface area contributed by atoms with Gasteiger partial charge in [0.15, 0.2) is 11.5 Å². The summed E-state index contributed by atoms with van der Waals surface area (Å²) in [6.07, 6.45) is -0.374. The highest BCUT2D eigenvalue weighted by molar-refractivity contribution is 6.12. The van der Waals surface area contributed by atoms with E-state index < -0.39 is 0 Å². The molecule has 3 heterocycles. The fourth-order valence-electron chi connectivity index (χ4n) is 4.48. The molecule has 0 spiro atoms. The van der Waals surface area contributed by atoms with Crippen molar-refractivity contribution in [1.82, 2.24) is 0 Å². The van der Waals surface area contributed by atoms with Crippen LogP contribution in [0.1, 0.15) is 22.1 Å². The summed E-state index contributed by atoms with van der Waals surface area (Å²) in [4.78, 5) is 17.7. The Bertz CT molecular complexity index is 1160. The molecule has 3 aliphatic heterocycles. The molecule has 1 amide bonds. The molecule has 1 N–H and O–H groups in total. The number of ether oxygens (including phenoxy) is 3. The summed E-state index contributed by atoms with van der Waals surface area (Å²) >= 11 is 0. The van der Waals surface area contributed by atoms with Gasteiger partial charge >= 0.3 is 0 Å². The number of hydrogen-bond acceptors (Lipinski definition) is 6. The lowest BCUT2D eigenvalue weighted by atomic mass is 10.0. The first-order valence-corrected chi connectivity index (χ1v) is 10.8. The second kappa shape index (κ2) is 7.76. The third kappa shape index (κ3) is 3.22. The minimum Gasteiger partial charge on any atom is -0.454 e. The number of nitrogens with one attached hydrogen (secondary N) is 1. The van der Waals surface area contributed by atoms with Crippen LogP contribution in [-0.2, 0) is 4.74 Å². The van der Waals surface area contributed by atoms with Crippen LogP contribution in [0.5, 0.6) is 11.5 Å². The van der Waals surface area contributed by atoms with E-state index in [1.54, 1.807) is 0 Å². The second-order valence-electron chi connectivity index (χ2n) is 8.00. The number of fused-ring (bicyclic) bond motifs is 2. The Morgan fingerprint density at radius 1 is 0.844 bits per heavy atom. The number of rotatable bonds is 3. The first-order valence-electron chi connectivity index (χ1n) is 10.8. The van der Waals surface area contributed by atoms with Gasteiger partial charge in [-0.1, -0.05) is 18.2 Å². The number of carbonyl (C=O) groups is 1. The molecule has 0 bridgehead atoms. The summed E-state index contributed by atoms with van der Waals surface area (Å²) < 4.78 is 16.5. The zero-order valence-corrected chi connectivity index (χ0v) is 17.5. The van der Waals surface area contributed by atoms with Crippen molar-refractivity contribution < 1.29 is 19.0 Å². The molecule has 0 aromatic heterocycles. The topological polar surface area (TPSA) is 63.3 Å². The molecule has 3 aliphatic rings. The summed E-state index contributed by atoms with van der Waals surface area (Å²) in [6.45, 7) is 3.43. The third-order valence-corrected chi connectivity index (χ3v) is 6.14. The van der Waals surface area contributed by atoms with Crippen LogP contribution >= 0.6 is 0 Å². The van der Waals surface area contributed by atoms with Crippen molar-refractivity contribution in [2.24, 2.45) is 0 Å². The Labute approximate surface area is 186 Å². The van der Waals surface area contributed by atoms with E-state index in [-0.39, 0.29) is 18.9 Å². The predicted octanol–water partition coefficient (Wildman–Crippen LogP) is 4.02. The van der Waals surface area contributed by atoms with E-state index in [1.165, 1.54) is 0 Å². The van der Waals surface area contributed by atoms with E-state index in [4.69, 9.17) is 14.2 Å². The SMILES string of the molecule is O=C1c2ccccc2N[C@H](c2ccc3c(c2)OCO3)N1c1ccc(N2CCOCC2)cc1. The maximum absolute atomic E-state index is 13.6. The maximum atomic E-state index is 13.6. The zero-order valence-electron chi connectivity index (χ0n) is 17.5. The van der Waals surface area contributed by atoms with Crippen molar-refractivity contribution >= 4 is 23.0 Å². The van der Waals surface area contributed by atoms with Gasteiger partial charge in [0.1, 0.15) is 6.17 Å². The number of morpholine rings is 1. The van der Waals surface area contributed by atoms with Crippen molar-refractivity contribution in [1.29, 1.82) is 0 Å². The lowest BCUT2D eigenvalue weighted by molar-refractivity contribution is 0.0975. The number of amides is 1. The van der Waals surface area contributed by atoms with Crippen LogP contribution < -0.4 is 24.6 Å². The lowest BCUT2D eigenvalue weighted by Gasteiger charge is -2.38. The highest BCUT2D eigenvalue weighted by atomic mass is 16.7. The molecule has 0 unspecified atom stereocenters. The van der Waals surface area contributed by atoms with Gasteiger partial charge in [-0.3, -0.25) is 9.69 Å². The maximum Gasteiger partial charge on any atom is 0.262 e. The Kier molecular flexibility index (Phi) is 4.61. The largest absolute Gasteiger partial charge is 0.454 e. The number of para-hydroxylation sites is 1. The van der Waals surface area contributed by atoms with Crippen LogP contribution in [0.2, 0.25) is 0 Å². The quantitative estimate of drug-likeness (QED) is 0.679. The second-order valence-corrected chi connectivity index (χ2v) is 8.00. The van der Waals surface area contributed by atoms with Crippen LogP contribution in [0.4, 0.5) is 17.1 Å². The first kappa shape index (κ1) is 19.0. The van der Waals surface area contributed by atoms with E-state index >= 15 is 0 Å². The van der Waals surface area contributed by atoms with Gasteiger partial charge < -0.3 is 24.4 Å². The fraction of sp³-hybridized carbons (Fsp3) is 0.240. The number of hydrogen-bond donors (Lipinski definition) is 1. The molecule has 1 atom stereocenters. The summed E-state index contributed by atoms with van der Waals surface area (Å²) in [5, 5.41) is 3.54. The Morgan fingerprint density at radius 3 is 2.44 bits per heavy atom. The molecule has 0 radical (unpaired) electrons. The molecule has 0 saturated carbocycles. The van der Waals surface area contributed by atoms with Gasteiger partial charge in [-0.05, 0) is 54.1 Å². The standard InChI is InChI=1S/C25H23N3O4/c29-25-20-3-1-2-4-21(20)26-24(17-5-10-22-23(15-17)32-16-31-22)28(25)19-8-6-18(7-9-19)27-11-13-30-14-12-27/h1-10,15,24,26H,11-14,16H2/t24-/m0/s1. The Hall–Kier alpha value is -3.71. The monoisotopic (exact) mass is 429 g/mol. The minimum atomic E-state index is -0.374. The van der Waals surface area contributed by atoms with Gasteiger partial charge in [-0.15, -0.1) is 0 Å². The van der Waals surface area contributed by atoms with E-state index in [0.29, 0.717) is 11.3 Å². The van der Waals surface area contributed by atoms with Crippen LogP contribution in [0.25, 0.3) is 0 Å². The zero-order chi connectivity index (χ0) is 21.5. The van der Waals surface area contributed by atoms with Crippen LogP contribution in [0.15, 0.2) is 66.7 Å². The van der Waals surface area contributed by atoms with Gasteiger partial charge in [0.25, 0.3) is 5.91 Å².